The summed E-state index contributed by atoms with van der Waals surface area (Å²) in [6, 6.07) is 3.81. The number of aromatic nitrogens is 1. The Kier molecular flexibility index (Phi) is 7.20. The van der Waals surface area contributed by atoms with Crippen LogP contribution in [0.2, 0.25) is 0 Å². The second kappa shape index (κ2) is 9.29. The fraction of sp³-hybridized carbons (Fsp3) is 0.708. The number of aliphatic carboxylic acids is 1. The third-order valence-electron chi connectivity index (χ3n) is 6.83. The van der Waals surface area contributed by atoms with Crippen LogP contribution in [0.5, 0.6) is 0 Å². The maximum Gasteiger partial charge on any atom is 0.410 e. The Morgan fingerprint density at radius 3 is 2.48 bits per heavy atom. The van der Waals surface area contributed by atoms with Gasteiger partial charge < -0.3 is 24.4 Å². The van der Waals surface area contributed by atoms with Crippen LogP contribution >= 0.6 is 12.4 Å². The van der Waals surface area contributed by atoms with Crippen LogP contribution in [0.25, 0.3) is 0 Å². The van der Waals surface area contributed by atoms with E-state index in [1.54, 1.807) is 12.3 Å². The second-order valence-corrected chi connectivity index (χ2v) is 10.9. The molecule has 1 saturated carbocycles. The lowest BCUT2D eigenvalue weighted by Gasteiger charge is -2.42. The smallest absolute Gasteiger partial charge is 0.410 e. The van der Waals surface area contributed by atoms with Crippen LogP contribution in [0.1, 0.15) is 59.1 Å². The first-order valence-electron chi connectivity index (χ1n) is 11.5. The highest BCUT2D eigenvalue weighted by Crippen LogP contribution is 2.46. The van der Waals surface area contributed by atoms with Crippen molar-refractivity contribution >= 4 is 30.2 Å². The van der Waals surface area contributed by atoms with E-state index in [1.807, 2.05) is 31.7 Å². The standard InChI is InChI=1S/C24H35N3O5.ClH/c1-22(2,3)32-21(30)27(14-23(4)9-10-23)18-6-5-11-26(13-18)17-7-8-19(25-12-17)24(20(28)29)15-31-16-24;/h7-8,12,18H,5-6,9-11,13-16H2,1-4H3,(H,28,29);1H/t18-;/m1./s1. The summed E-state index contributed by atoms with van der Waals surface area (Å²) in [5.41, 5.74) is 0.111. The van der Waals surface area contributed by atoms with Crippen molar-refractivity contribution in [1.82, 2.24) is 9.88 Å². The van der Waals surface area contributed by atoms with Gasteiger partial charge in [-0.2, -0.15) is 0 Å². The SMILES string of the molecule is CC1(CN(C(=O)OC(C)(C)C)[C@@H]2CCCN(c3ccc(C4(C(=O)O)COC4)nc3)C2)CC1.Cl. The highest BCUT2D eigenvalue weighted by Gasteiger charge is 2.49. The number of carbonyl (C=O) groups is 2. The first-order chi connectivity index (χ1) is 15.0. The molecule has 1 amide bonds. The van der Waals surface area contributed by atoms with Crippen molar-refractivity contribution in [3.8, 4) is 0 Å². The van der Waals surface area contributed by atoms with Gasteiger partial charge in [-0.15, -0.1) is 12.4 Å². The number of rotatable bonds is 6. The number of pyridine rings is 1. The summed E-state index contributed by atoms with van der Waals surface area (Å²) < 4.78 is 10.9. The number of halogens is 1. The molecule has 3 fully saturated rings. The molecule has 184 valence electrons. The summed E-state index contributed by atoms with van der Waals surface area (Å²) >= 11 is 0. The second-order valence-electron chi connectivity index (χ2n) is 10.9. The number of carboxylic acids is 1. The average Bonchev–Trinajstić information content (AvgIpc) is 3.41. The van der Waals surface area contributed by atoms with Crippen LogP contribution in [-0.2, 0) is 19.7 Å². The molecule has 0 bridgehead atoms. The van der Waals surface area contributed by atoms with Gasteiger partial charge in [0.25, 0.3) is 0 Å². The van der Waals surface area contributed by atoms with E-state index < -0.39 is 17.0 Å². The number of nitrogens with zero attached hydrogens (tertiary/aromatic N) is 3. The van der Waals surface area contributed by atoms with Crippen LogP contribution in [0, 0.1) is 5.41 Å². The molecule has 33 heavy (non-hydrogen) atoms. The minimum atomic E-state index is -1.03. The molecule has 4 rings (SSSR count). The number of hydrogen-bond acceptors (Lipinski definition) is 6. The number of ether oxygens (including phenoxy) is 2. The molecule has 0 unspecified atom stereocenters. The maximum absolute atomic E-state index is 13.1. The van der Waals surface area contributed by atoms with Gasteiger partial charge in [-0.3, -0.25) is 9.78 Å². The monoisotopic (exact) mass is 481 g/mol. The molecule has 0 aromatic carbocycles. The van der Waals surface area contributed by atoms with Gasteiger partial charge in [0, 0.05) is 19.6 Å². The summed E-state index contributed by atoms with van der Waals surface area (Å²) in [6.07, 6.45) is 5.71. The van der Waals surface area contributed by atoms with Crippen molar-refractivity contribution in [3.63, 3.8) is 0 Å². The summed E-state index contributed by atoms with van der Waals surface area (Å²) in [6.45, 7) is 10.6. The van der Waals surface area contributed by atoms with Crippen LogP contribution in [0.4, 0.5) is 10.5 Å². The topological polar surface area (TPSA) is 92.2 Å². The Balaban J connectivity index is 0.00000306. The Bertz CT molecular complexity index is 862. The van der Waals surface area contributed by atoms with Gasteiger partial charge in [0.15, 0.2) is 5.41 Å². The Morgan fingerprint density at radius 2 is 2.00 bits per heavy atom. The van der Waals surface area contributed by atoms with Gasteiger partial charge in [0.2, 0.25) is 0 Å². The van der Waals surface area contributed by atoms with Gasteiger partial charge in [-0.1, -0.05) is 6.92 Å². The molecule has 1 aromatic heterocycles. The zero-order chi connectivity index (χ0) is 23.1. The largest absolute Gasteiger partial charge is 0.480 e. The molecule has 2 aliphatic heterocycles. The number of anilines is 1. The van der Waals surface area contributed by atoms with Crippen molar-refractivity contribution in [2.75, 3.05) is 37.7 Å². The predicted molar refractivity (Wildman–Crippen MR) is 127 cm³/mol. The predicted octanol–water partition coefficient (Wildman–Crippen LogP) is 3.86. The molecule has 1 atom stereocenters. The van der Waals surface area contributed by atoms with E-state index in [0.29, 0.717) is 12.2 Å². The average molecular weight is 482 g/mol. The Hall–Kier alpha value is -2.06. The highest BCUT2D eigenvalue weighted by molar-refractivity contribution is 5.85. The first-order valence-corrected chi connectivity index (χ1v) is 11.5. The van der Waals surface area contributed by atoms with Crippen LogP contribution in [0.3, 0.4) is 0 Å². The van der Waals surface area contributed by atoms with Crippen molar-refractivity contribution in [2.24, 2.45) is 5.41 Å². The zero-order valence-electron chi connectivity index (χ0n) is 20.0. The van der Waals surface area contributed by atoms with Gasteiger partial charge >= 0.3 is 12.1 Å². The summed E-state index contributed by atoms with van der Waals surface area (Å²) in [5, 5.41) is 9.60. The quantitative estimate of drug-likeness (QED) is 0.659. The summed E-state index contributed by atoms with van der Waals surface area (Å²) in [4.78, 5) is 33.4. The van der Waals surface area contributed by atoms with Gasteiger partial charge in [-0.25, -0.2) is 4.79 Å². The van der Waals surface area contributed by atoms with E-state index in [-0.39, 0.29) is 43.2 Å². The lowest BCUT2D eigenvalue weighted by molar-refractivity contribution is -0.163. The van der Waals surface area contributed by atoms with Crippen LogP contribution in [-0.4, -0.2) is 71.5 Å². The van der Waals surface area contributed by atoms with E-state index in [4.69, 9.17) is 9.47 Å². The van der Waals surface area contributed by atoms with Crippen molar-refractivity contribution in [3.05, 3.63) is 24.0 Å². The molecule has 0 spiro atoms. The van der Waals surface area contributed by atoms with Gasteiger partial charge in [0.05, 0.1) is 36.8 Å². The van der Waals surface area contributed by atoms with E-state index in [1.165, 1.54) is 0 Å². The molecule has 2 saturated heterocycles. The normalized spacial score (nSPS) is 23.0. The van der Waals surface area contributed by atoms with Crippen molar-refractivity contribution in [2.45, 2.75) is 70.4 Å². The van der Waals surface area contributed by atoms with E-state index in [0.717, 1.165) is 44.5 Å². The minimum absolute atomic E-state index is 0. The van der Waals surface area contributed by atoms with Crippen LogP contribution in [0.15, 0.2) is 18.3 Å². The van der Waals surface area contributed by atoms with E-state index in [2.05, 4.69) is 16.8 Å². The van der Waals surface area contributed by atoms with E-state index >= 15 is 0 Å². The fourth-order valence-electron chi connectivity index (χ4n) is 4.43. The minimum Gasteiger partial charge on any atom is -0.480 e. The molecule has 3 heterocycles. The zero-order valence-corrected chi connectivity index (χ0v) is 20.8. The molecule has 1 N–H and O–H groups in total. The third-order valence-corrected chi connectivity index (χ3v) is 6.83. The number of piperidine rings is 1. The van der Waals surface area contributed by atoms with Gasteiger partial charge in [0.1, 0.15) is 5.60 Å². The summed E-state index contributed by atoms with van der Waals surface area (Å²) in [5.74, 6) is -0.899. The number of carbonyl (C=O) groups excluding carboxylic acids is 1. The maximum atomic E-state index is 13.1. The highest BCUT2D eigenvalue weighted by atomic mass is 35.5. The fourth-order valence-corrected chi connectivity index (χ4v) is 4.43. The van der Waals surface area contributed by atoms with Gasteiger partial charge in [-0.05, 0) is 64.0 Å². The number of hydrogen-bond donors (Lipinski definition) is 1. The molecule has 0 radical (unpaired) electrons. The Labute approximate surface area is 202 Å². The molecule has 1 aromatic rings. The molecular weight excluding hydrogens is 446 g/mol. The van der Waals surface area contributed by atoms with Crippen LogP contribution < -0.4 is 4.90 Å². The molecule has 3 aliphatic rings. The lowest BCUT2D eigenvalue weighted by Crippen LogP contribution is -2.54. The lowest BCUT2D eigenvalue weighted by atomic mass is 9.82. The number of amides is 1. The van der Waals surface area contributed by atoms with E-state index in [9.17, 15) is 14.7 Å². The Morgan fingerprint density at radius 1 is 1.30 bits per heavy atom. The third kappa shape index (κ3) is 5.54. The molecule has 9 heteroatoms. The number of carboxylic acid groups (broad SMARTS) is 1. The molecule has 8 nitrogen and oxygen atoms in total. The van der Waals surface area contributed by atoms with Crippen molar-refractivity contribution < 1.29 is 24.2 Å². The van der Waals surface area contributed by atoms with Crippen molar-refractivity contribution in [1.29, 1.82) is 0 Å². The molecular formula is C24H36ClN3O5. The molecule has 1 aliphatic carbocycles. The first kappa shape index (κ1) is 25.6. The summed E-state index contributed by atoms with van der Waals surface area (Å²) in [7, 11) is 0.